The summed E-state index contributed by atoms with van der Waals surface area (Å²) in [5, 5.41) is 12.5. The highest BCUT2D eigenvalue weighted by Crippen LogP contribution is 2.12. The second-order valence-corrected chi connectivity index (χ2v) is 5.79. The van der Waals surface area contributed by atoms with Gasteiger partial charge in [0.2, 0.25) is 0 Å². The van der Waals surface area contributed by atoms with E-state index in [0.29, 0.717) is 5.56 Å². The predicted octanol–water partition coefficient (Wildman–Crippen LogP) is 2.63. The molecule has 0 spiro atoms. The molecule has 2 rings (SSSR count). The number of nitriles is 1. The third-order valence-electron chi connectivity index (χ3n) is 2.69. The molecule has 21 heavy (non-hydrogen) atoms. The van der Waals surface area contributed by atoms with E-state index in [0.717, 1.165) is 5.56 Å². The zero-order chi connectivity index (χ0) is 15.3. The van der Waals surface area contributed by atoms with Crippen LogP contribution in [0.5, 0.6) is 0 Å². The third kappa shape index (κ3) is 3.68. The molecule has 0 radical (unpaired) electrons. The predicted molar refractivity (Wildman–Crippen MR) is 78.0 cm³/mol. The Kier molecular flexibility index (Phi) is 4.36. The number of rotatable bonds is 4. The van der Waals surface area contributed by atoms with E-state index in [1.165, 1.54) is 12.1 Å². The lowest BCUT2D eigenvalue weighted by molar-refractivity contribution is 0.339. The van der Waals surface area contributed by atoms with Crippen molar-refractivity contribution >= 4 is 15.8 Å². The van der Waals surface area contributed by atoms with Crippen LogP contribution in [0.2, 0.25) is 0 Å². The summed E-state index contributed by atoms with van der Waals surface area (Å²) in [5.41, 5.74) is 1.41. The van der Waals surface area contributed by atoms with Crippen molar-refractivity contribution in [1.29, 1.82) is 5.26 Å². The summed E-state index contributed by atoms with van der Waals surface area (Å²) >= 11 is 0. The van der Waals surface area contributed by atoms with Crippen molar-refractivity contribution in [2.75, 3.05) is 0 Å². The van der Waals surface area contributed by atoms with Gasteiger partial charge in [0.25, 0.3) is 0 Å². The van der Waals surface area contributed by atoms with Crippen LogP contribution in [0.3, 0.4) is 0 Å². The summed E-state index contributed by atoms with van der Waals surface area (Å²) in [7, 11) is -4.02. The molecule has 0 saturated heterocycles. The molecule has 0 bridgehead atoms. The van der Waals surface area contributed by atoms with E-state index in [9.17, 15) is 8.42 Å². The van der Waals surface area contributed by atoms with Crippen LogP contribution in [0.15, 0.2) is 64.6 Å². The molecule has 5 nitrogen and oxygen atoms in total. The summed E-state index contributed by atoms with van der Waals surface area (Å²) in [6.07, 6.45) is 0. The topological polar surface area (TPSA) is 79.5 Å². The van der Waals surface area contributed by atoms with Crippen LogP contribution >= 0.6 is 0 Å². The molecule has 0 heterocycles. The maximum Gasteiger partial charge on any atom is 0.358 e. The average Bonchev–Trinajstić information content (AvgIpc) is 2.50. The molecule has 0 fully saturated rings. The van der Waals surface area contributed by atoms with Crippen LogP contribution in [-0.4, -0.2) is 14.1 Å². The van der Waals surface area contributed by atoms with E-state index >= 15 is 0 Å². The second-order valence-electron chi connectivity index (χ2n) is 4.26. The first-order valence-corrected chi connectivity index (χ1v) is 7.47. The van der Waals surface area contributed by atoms with Crippen molar-refractivity contribution in [1.82, 2.24) is 0 Å². The molecule has 106 valence electrons. The van der Waals surface area contributed by atoms with Gasteiger partial charge in [-0.15, -0.1) is 0 Å². The molecule has 0 atom stereocenters. The third-order valence-corrected chi connectivity index (χ3v) is 3.81. The van der Waals surface area contributed by atoms with Crippen LogP contribution in [0.4, 0.5) is 0 Å². The van der Waals surface area contributed by atoms with E-state index in [-0.39, 0.29) is 10.6 Å². The van der Waals surface area contributed by atoms with Crippen LogP contribution < -0.4 is 0 Å². The van der Waals surface area contributed by atoms with Crippen LogP contribution in [0.1, 0.15) is 11.1 Å². The lowest BCUT2D eigenvalue weighted by atomic mass is 10.1. The fourth-order valence-corrected chi connectivity index (χ4v) is 2.31. The number of benzene rings is 2. The molecule has 0 aliphatic rings. The van der Waals surface area contributed by atoms with Gasteiger partial charge in [-0.05, 0) is 19.1 Å². The van der Waals surface area contributed by atoms with Crippen molar-refractivity contribution in [3.63, 3.8) is 0 Å². The largest absolute Gasteiger partial charge is 0.358 e. The Morgan fingerprint density at radius 2 is 1.71 bits per heavy atom. The number of nitrogens with zero attached hydrogens (tertiary/aromatic N) is 2. The van der Waals surface area contributed by atoms with Crippen molar-refractivity contribution in [2.24, 2.45) is 5.16 Å². The monoisotopic (exact) mass is 300 g/mol. The van der Waals surface area contributed by atoms with Gasteiger partial charge in [-0.1, -0.05) is 53.2 Å². The summed E-state index contributed by atoms with van der Waals surface area (Å²) < 4.78 is 28.4. The van der Waals surface area contributed by atoms with Gasteiger partial charge >= 0.3 is 10.1 Å². The van der Waals surface area contributed by atoms with Crippen molar-refractivity contribution in [2.45, 2.75) is 11.8 Å². The Labute approximate surface area is 123 Å². The molecule has 0 N–H and O–H groups in total. The fourth-order valence-electron chi connectivity index (χ4n) is 1.57. The molecule has 6 heteroatoms. The van der Waals surface area contributed by atoms with Crippen LogP contribution in [0, 0.1) is 18.3 Å². The Bertz CT molecular complexity index is 789. The number of aryl methyl sites for hydroxylation is 1. The van der Waals surface area contributed by atoms with E-state index in [2.05, 4.69) is 9.44 Å². The first kappa shape index (κ1) is 14.8. The lowest BCUT2D eigenvalue weighted by Crippen LogP contribution is -2.05. The number of hydrogen-bond acceptors (Lipinski definition) is 5. The molecule has 2 aromatic carbocycles. The van der Waals surface area contributed by atoms with Gasteiger partial charge in [-0.2, -0.15) is 13.7 Å². The zero-order valence-electron chi connectivity index (χ0n) is 11.2. The molecule has 0 saturated carbocycles. The summed E-state index contributed by atoms with van der Waals surface area (Å²) in [6.45, 7) is 1.91. The number of oxime groups is 1. The smallest absolute Gasteiger partial charge is 0.263 e. The van der Waals surface area contributed by atoms with Gasteiger partial charge in [-0.3, -0.25) is 4.28 Å². The minimum Gasteiger partial charge on any atom is -0.263 e. The van der Waals surface area contributed by atoms with Crippen molar-refractivity contribution in [3.05, 3.63) is 65.7 Å². The van der Waals surface area contributed by atoms with Crippen molar-refractivity contribution < 1.29 is 12.7 Å². The van der Waals surface area contributed by atoms with Crippen LogP contribution in [0.25, 0.3) is 0 Å². The molecule has 0 unspecified atom stereocenters. The van der Waals surface area contributed by atoms with Gasteiger partial charge in [0.1, 0.15) is 11.0 Å². The van der Waals surface area contributed by atoms with E-state index in [1.54, 1.807) is 42.5 Å². The van der Waals surface area contributed by atoms with Gasteiger partial charge in [0, 0.05) is 5.56 Å². The fraction of sp³-hybridized carbons (Fsp3) is 0.0667. The summed E-state index contributed by atoms with van der Waals surface area (Å²) in [4.78, 5) is -0.0186. The molecule has 2 aromatic rings. The van der Waals surface area contributed by atoms with Crippen molar-refractivity contribution in [3.8, 4) is 6.07 Å². The van der Waals surface area contributed by atoms with Gasteiger partial charge in [0.15, 0.2) is 5.71 Å². The Morgan fingerprint density at radius 1 is 1.10 bits per heavy atom. The van der Waals surface area contributed by atoms with Gasteiger partial charge < -0.3 is 0 Å². The highest BCUT2D eigenvalue weighted by atomic mass is 32.2. The SMILES string of the molecule is Cc1ccc(C(C#N)=NOS(=O)(=O)c2ccccc2)cc1. The van der Waals surface area contributed by atoms with Crippen LogP contribution in [-0.2, 0) is 14.4 Å². The Morgan fingerprint density at radius 3 is 2.29 bits per heavy atom. The van der Waals surface area contributed by atoms with Gasteiger partial charge in [-0.25, -0.2) is 0 Å². The van der Waals surface area contributed by atoms with Gasteiger partial charge in [0.05, 0.1) is 0 Å². The minimum atomic E-state index is -4.02. The first-order valence-electron chi connectivity index (χ1n) is 6.07. The normalized spacial score (nSPS) is 11.7. The lowest BCUT2D eigenvalue weighted by Gasteiger charge is -2.02. The zero-order valence-corrected chi connectivity index (χ0v) is 12.0. The Balaban J connectivity index is 2.27. The molecule has 0 aliphatic carbocycles. The second kappa shape index (κ2) is 6.20. The van der Waals surface area contributed by atoms with E-state index in [1.807, 2.05) is 13.0 Å². The molecular formula is C15H12N2O3S. The Hall–Kier alpha value is -2.65. The summed E-state index contributed by atoms with van der Waals surface area (Å²) in [5.74, 6) is 0. The molecule has 0 aromatic heterocycles. The minimum absolute atomic E-state index is 0.0186. The van der Waals surface area contributed by atoms with E-state index < -0.39 is 10.1 Å². The molecule has 0 aliphatic heterocycles. The quantitative estimate of drug-likeness (QED) is 0.642. The maximum absolute atomic E-state index is 11.9. The molecular weight excluding hydrogens is 288 g/mol. The summed E-state index contributed by atoms with van der Waals surface area (Å²) in [6, 6.07) is 16.4. The number of hydrogen-bond donors (Lipinski definition) is 0. The first-order chi connectivity index (χ1) is 10.0. The highest BCUT2D eigenvalue weighted by molar-refractivity contribution is 7.86. The molecule has 0 amide bonds. The highest BCUT2D eigenvalue weighted by Gasteiger charge is 2.15. The standard InChI is InChI=1S/C15H12N2O3S/c1-12-7-9-13(10-8-12)15(11-16)17-20-21(18,19)14-5-3-2-4-6-14/h2-10H,1H3. The maximum atomic E-state index is 11.9. The average molecular weight is 300 g/mol. The van der Waals surface area contributed by atoms with E-state index in [4.69, 9.17) is 5.26 Å².